The van der Waals surface area contributed by atoms with Gasteiger partial charge in [0.15, 0.2) is 0 Å². The molecule has 168 valence electrons. The summed E-state index contributed by atoms with van der Waals surface area (Å²) < 4.78 is 17.6. The third-order valence-electron chi connectivity index (χ3n) is 5.15. The third-order valence-corrected chi connectivity index (χ3v) is 5.15. The number of benzene rings is 2. The van der Waals surface area contributed by atoms with Crippen LogP contribution in [0.15, 0.2) is 60.7 Å². The van der Waals surface area contributed by atoms with Crippen LogP contribution in [0.1, 0.15) is 43.5 Å². The summed E-state index contributed by atoms with van der Waals surface area (Å²) in [5.74, 6) is 0.430. The molecule has 1 heterocycles. The van der Waals surface area contributed by atoms with E-state index in [1.54, 1.807) is 14.0 Å². The first-order valence-electron chi connectivity index (χ1n) is 10.7. The molecule has 1 aromatic heterocycles. The predicted octanol–water partition coefficient (Wildman–Crippen LogP) is 5.58. The molecule has 0 saturated carbocycles. The number of carbonyl (C=O) groups is 2. The lowest BCUT2D eigenvalue weighted by Gasteiger charge is -2.14. The highest BCUT2D eigenvalue weighted by Crippen LogP contribution is 2.32. The Hall–Kier alpha value is -3.54. The Balaban J connectivity index is 2.05. The van der Waals surface area contributed by atoms with Crippen molar-refractivity contribution in [3.05, 3.63) is 77.5 Å². The second-order valence-electron chi connectivity index (χ2n) is 7.67. The van der Waals surface area contributed by atoms with E-state index in [0.29, 0.717) is 17.1 Å². The molecule has 32 heavy (non-hydrogen) atoms. The molecule has 0 fully saturated rings. The van der Waals surface area contributed by atoms with Crippen LogP contribution in [0.4, 0.5) is 4.79 Å². The molecule has 2 aromatic carbocycles. The van der Waals surface area contributed by atoms with Gasteiger partial charge in [-0.2, -0.15) is 0 Å². The van der Waals surface area contributed by atoms with Gasteiger partial charge < -0.3 is 14.2 Å². The number of ether oxygens (including phenoxy) is 3. The average molecular weight is 436 g/mol. The fourth-order valence-corrected chi connectivity index (χ4v) is 3.57. The van der Waals surface area contributed by atoms with Gasteiger partial charge in [-0.15, -0.1) is 0 Å². The fourth-order valence-electron chi connectivity index (χ4n) is 3.57. The van der Waals surface area contributed by atoms with Crippen LogP contribution in [0.2, 0.25) is 0 Å². The standard InChI is InChI=1S/C26H29NO5/c1-5-31-25(28)16-24-22(18(2)3)15-23(20-11-13-21(30-4)14-12-20)27(24)26(29)32-17-19-9-7-6-8-10-19/h6-15,18H,5,16-17H2,1-4H3. The largest absolute Gasteiger partial charge is 0.497 e. The molecule has 0 saturated heterocycles. The molecule has 0 unspecified atom stereocenters. The Morgan fingerprint density at radius 3 is 2.25 bits per heavy atom. The van der Waals surface area contributed by atoms with Crippen LogP contribution >= 0.6 is 0 Å². The molecule has 0 atom stereocenters. The molecule has 0 aliphatic carbocycles. The van der Waals surface area contributed by atoms with Crippen molar-refractivity contribution in [3.63, 3.8) is 0 Å². The Morgan fingerprint density at radius 2 is 1.66 bits per heavy atom. The molecule has 0 radical (unpaired) electrons. The second-order valence-corrected chi connectivity index (χ2v) is 7.67. The van der Waals surface area contributed by atoms with Crippen molar-refractivity contribution < 1.29 is 23.8 Å². The number of rotatable bonds is 8. The van der Waals surface area contributed by atoms with Crippen LogP contribution in [0, 0.1) is 0 Å². The first kappa shape index (κ1) is 23.1. The molecular formula is C26H29NO5. The molecule has 6 nitrogen and oxygen atoms in total. The Labute approximate surface area is 188 Å². The quantitative estimate of drug-likeness (QED) is 0.432. The van der Waals surface area contributed by atoms with Gasteiger partial charge in [-0.05, 0) is 59.9 Å². The smallest absolute Gasteiger partial charge is 0.419 e. The Kier molecular flexibility index (Phi) is 7.71. The highest BCUT2D eigenvalue weighted by Gasteiger charge is 2.25. The molecule has 0 aliphatic heterocycles. The highest BCUT2D eigenvalue weighted by atomic mass is 16.6. The van der Waals surface area contributed by atoms with Gasteiger partial charge in [0.2, 0.25) is 0 Å². The van der Waals surface area contributed by atoms with E-state index in [2.05, 4.69) is 0 Å². The lowest BCUT2D eigenvalue weighted by atomic mass is 10.0. The number of nitrogens with zero attached hydrogens (tertiary/aromatic N) is 1. The molecular weight excluding hydrogens is 406 g/mol. The van der Waals surface area contributed by atoms with Crippen molar-refractivity contribution >= 4 is 12.1 Å². The van der Waals surface area contributed by atoms with Gasteiger partial charge in [0, 0.05) is 5.69 Å². The average Bonchev–Trinajstić information content (AvgIpc) is 3.17. The number of esters is 1. The van der Waals surface area contributed by atoms with E-state index >= 15 is 0 Å². The fraction of sp³-hybridized carbons (Fsp3) is 0.308. The SMILES string of the molecule is CCOC(=O)Cc1c(C(C)C)cc(-c2ccc(OC)cc2)n1C(=O)OCc1ccccc1. The maximum Gasteiger partial charge on any atom is 0.419 e. The second kappa shape index (κ2) is 10.7. The topological polar surface area (TPSA) is 66.8 Å². The minimum absolute atomic E-state index is 0.0159. The molecule has 0 amide bonds. The monoisotopic (exact) mass is 435 g/mol. The van der Waals surface area contributed by atoms with Gasteiger partial charge in [0.1, 0.15) is 12.4 Å². The van der Waals surface area contributed by atoms with Gasteiger partial charge in [0.05, 0.1) is 25.8 Å². The molecule has 0 N–H and O–H groups in total. The van der Waals surface area contributed by atoms with Crippen LogP contribution < -0.4 is 4.74 Å². The first-order chi connectivity index (χ1) is 15.4. The van der Waals surface area contributed by atoms with Crippen molar-refractivity contribution in [2.24, 2.45) is 0 Å². The van der Waals surface area contributed by atoms with Crippen LogP contribution in [-0.2, 0) is 27.3 Å². The van der Waals surface area contributed by atoms with Crippen LogP contribution in [0.3, 0.4) is 0 Å². The van der Waals surface area contributed by atoms with E-state index < -0.39 is 6.09 Å². The van der Waals surface area contributed by atoms with E-state index in [1.807, 2.05) is 74.5 Å². The summed E-state index contributed by atoms with van der Waals surface area (Å²) >= 11 is 0. The van der Waals surface area contributed by atoms with Gasteiger partial charge in [0.25, 0.3) is 0 Å². The minimum atomic E-state index is -0.536. The lowest BCUT2D eigenvalue weighted by molar-refractivity contribution is -0.142. The van der Waals surface area contributed by atoms with Gasteiger partial charge in [-0.1, -0.05) is 44.2 Å². The van der Waals surface area contributed by atoms with Gasteiger partial charge in [-0.25, -0.2) is 9.36 Å². The number of methoxy groups -OCH3 is 1. The van der Waals surface area contributed by atoms with Crippen LogP contribution in [0.5, 0.6) is 5.75 Å². The van der Waals surface area contributed by atoms with Crippen molar-refractivity contribution in [1.29, 1.82) is 0 Å². The third kappa shape index (κ3) is 5.38. The summed E-state index contributed by atoms with van der Waals surface area (Å²) in [4.78, 5) is 25.7. The van der Waals surface area contributed by atoms with E-state index in [0.717, 1.165) is 16.7 Å². The van der Waals surface area contributed by atoms with E-state index in [1.165, 1.54) is 4.57 Å². The summed E-state index contributed by atoms with van der Waals surface area (Å²) in [5.41, 5.74) is 3.85. The van der Waals surface area contributed by atoms with Gasteiger partial charge >= 0.3 is 12.1 Å². The predicted molar refractivity (Wildman–Crippen MR) is 123 cm³/mol. The zero-order valence-corrected chi connectivity index (χ0v) is 19.0. The van der Waals surface area contributed by atoms with Crippen molar-refractivity contribution in [3.8, 4) is 17.0 Å². The number of hydrogen-bond acceptors (Lipinski definition) is 5. The minimum Gasteiger partial charge on any atom is -0.497 e. The number of aromatic nitrogens is 1. The number of hydrogen-bond donors (Lipinski definition) is 0. The Bertz CT molecular complexity index is 1050. The maximum absolute atomic E-state index is 13.3. The zero-order valence-electron chi connectivity index (χ0n) is 19.0. The van der Waals surface area contributed by atoms with Crippen LogP contribution in [0.25, 0.3) is 11.3 Å². The van der Waals surface area contributed by atoms with Gasteiger partial charge in [-0.3, -0.25) is 4.79 Å². The summed E-state index contributed by atoms with van der Waals surface area (Å²) in [6.07, 6.45) is -0.552. The Morgan fingerprint density at radius 1 is 0.969 bits per heavy atom. The highest BCUT2D eigenvalue weighted by molar-refractivity contribution is 5.83. The van der Waals surface area contributed by atoms with Crippen LogP contribution in [-0.4, -0.2) is 30.3 Å². The van der Waals surface area contributed by atoms with Crippen molar-refractivity contribution in [2.45, 2.75) is 39.7 Å². The molecule has 3 rings (SSSR count). The number of carbonyl (C=O) groups excluding carboxylic acids is 2. The zero-order chi connectivity index (χ0) is 23.1. The van der Waals surface area contributed by atoms with Crippen molar-refractivity contribution in [1.82, 2.24) is 4.57 Å². The summed E-state index contributed by atoms with van der Waals surface area (Å²) in [7, 11) is 1.60. The van der Waals surface area contributed by atoms with E-state index in [4.69, 9.17) is 14.2 Å². The summed E-state index contributed by atoms with van der Waals surface area (Å²) in [5, 5.41) is 0. The maximum atomic E-state index is 13.3. The molecule has 3 aromatic rings. The van der Waals surface area contributed by atoms with E-state index in [9.17, 15) is 9.59 Å². The van der Waals surface area contributed by atoms with E-state index in [-0.39, 0.29) is 31.5 Å². The molecule has 0 aliphatic rings. The summed E-state index contributed by atoms with van der Waals surface area (Å²) in [6, 6.07) is 18.9. The first-order valence-corrected chi connectivity index (χ1v) is 10.7. The molecule has 0 spiro atoms. The molecule has 6 heteroatoms. The summed E-state index contributed by atoms with van der Waals surface area (Å²) in [6.45, 7) is 6.23. The van der Waals surface area contributed by atoms with Crippen molar-refractivity contribution in [2.75, 3.05) is 13.7 Å². The molecule has 0 bridgehead atoms. The normalized spacial score (nSPS) is 10.8. The lowest BCUT2D eigenvalue weighted by Crippen LogP contribution is -2.21.